The second kappa shape index (κ2) is 4.43. The van der Waals surface area contributed by atoms with Crippen molar-refractivity contribution in [3.05, 3.63) is 0 Å². The molecule has 3 unspecified atom stereocenters. The summed E-state index contributed by atoms with van der Waals surface area (Å²) in [5.74, 6) is 1.95. The first kappa shape index (κ1) is 9.47. The topological polar surface area (TPSA) is 24.1 Å². The van der Waals surface area contributed by atoms with Gasteiger partial charge in [0, 0.05) is 6.04 Å². The Labute approximate surface area is 81.5 Å². The normalized spacial score (nSPS) is 38.1. The van der Waals surface area contributed by atoms with E-state index in [1.165, 1.54) is 45.3 Å². The van der Waals surface area contributed by atoms with Crippen LogP contribution in [0.3, 0.4) is 0 Å². The molecule has 2 fully saturated rings. The van der Waals surface area contributed by atoms with Crippen LogP contribution in [0.5, 0.6) is 0 Å². The van der Waals surface area contributed by atoms with Crippen LogP contribution in [-0.2, 0) is 0 Å². The second-order valence-electron chi connectivity index (χ2n) is 4.61. The summed E-state index contributed by atoms with van der Waals surface area (Å²) < 4.78 is 0. The number of hydrogen-bond donors (Lipinski definition) is 2. The van der Waals surface area contributed by atoms with Gasteiger partial charge in [0.25, 0.3) is 0 Å². The molecule has 1 saturated heterocycles. The third kappa shape index (κ3) is 2.68. The van der Waals surface area contributed by atoms with Gasteiger partial charge >= 0.3 is 0 Å². The molecule has 0 aromatic rings. The van der Waals surface area contributed by atoms with Crippen molar-refractivity contribution in [2.75, 3.05) is 19.6 Å². The summed E-state index contributed by atoms with van der Waals surface area (Å²) in [5, 5.41) is 7.07. The van der Waals surface area contributed by atoms with Crippen LogP contribution in [0.1, 0.15) is 32.6 Å². The Morgan fingerprint density at radius 3 is 3.00 bits per heavy atom. The van der Waals surface area contributed by atoms with Crippen molar-refractivity contribution in [2.24, 2.45) is 11.8 Å². The molecule has 76 valence electrons. The molecule has 0 spiro atoms. The zero-order chi connectivity index (χ0) is 9.10. The van der Waals surface area contributed by atoms with Gasteiger partial charge in [-0.2, -0.15) is 0 Å². The zero-order valence-corrected chi connectivity index (χ0v) is 8.68. The molecule has 0 bridgehead atoms. The maximum absolute atomic E-state index is 3.66. The summed E-state index contributed by atoms with van der Waals surface area (Å²) in [7, 11) is 0. The summed E-state index contributed by atoms with van der Waals surface area (Å²) in [6.45, 7) is 6.04. The largest absolute Gasteiger partial charge is 0.316 e. The van der Waals surface area contributed by atoms with Crippen LogP contribution >= 0.6 is 0 Å². The highest BCUT2D eigenvalue weighted by Gasteiger charge is 2.34. The van der Waals surface area contributed by atoms with E-state index >= 15 is 0 Å². The first-order valence-electron chi connectivity index (χ1n) is 5.84. The quantitative estimate of drug-likeness (QED) is 0.671. The van der Waals surface area contributed by atoms with Gasteiger partial charge in [0.05, 0.1) is 0 Å². The van der Waals surface area contributed by atoms with E-state index in [0.717, 1.165) is 17.9 Å². The van der Waals surface area contributed by atoms with Crippen molar-refractivity contribution in [2.45, 2.75) is 38.6 Å². The summed E-state index contributed by atoms with van der Waals surface area (Å²) in [5.41, 5.74) is 0. The van der Waals surface area contributed by atoms with E-state index in [2.05, 4.69) is 17.6 Å². The molecule has 0 radical (unpaired) electrons. The van der Waals surface area contributed by atoms with Crippen LogP contribution in [-0.4, -0.2) is 25.7 Å². The molecule has 1 aliphatic heterocycles. The molecule has 2 heteroatoms. The van der Waals surface area contributed by atoms with Crippen molar-refractivity contribution >= 4 is 0 Å². The zero-order valence-electron chi connectivity index (χ0n) is 8.68. The van der Waals surface area contributed by atoms with Crippen molar-refractivity contribution in [3.8, 4) is 0 Å². The highest BCUT2D eigenvalue weighted by Crippen LogP contribution is 2.33. The fraction of sp³-hybridized carbons (Fsp3) is 1.00. The van der Waals surface area contributed by atoms with Gasteiger partial charge in [-0.25, -0.2) is 0 Å². The molecule has 2 N–H and O–H groups in total. The molecule has 2 nitrogen and oxygen atoms in total. The predicted octanol–water partition coefficient (Wildman–Crippen LogP) is 1.37. The Balaban J connectivity index is 1.49. The van der Waals surface area contributed by atoms with Crippen molar-refractivity contribution < 1.29 is 0 Å². The molecular formula is C11H22N2. The van der Waals surface area contributed by atoms with E-state index in [1.807, 2.05) is 0 Å². The molecule has 0 aromatic heterocycles. The molecular weight excluding hydrogens is 160 g/mol. The molecule has 1 saturated carbocycles. The van der Waals surface area contributed by atoms with Crippen LogP contribution in [0.2, 0.25) is 0 Å². The minimum absolute atomic E-state index is 0.874. The standard InChI is InChI=1S/C11H22N2/c1-2-10-7-11(10)13-6-4-9-3-5-12-8-9/h9-13H,2-8H2,1H3. The Hall–Kier alpha value is -0.0800. The molecule has 1 aliphatic carbocycles. The third-order valence-corrected chi connectivity index (χ3v) is 3.57. The number of nitrogens with one attached hydrogen (secondary N) is 2. The van der Waals surface area contributed by atoms with Crippen molar-refractivity contribution in [1.82, 2.24) is 10.6 Å². The summed E-state index contributed by atoms with van der Waals surface area (Å²) in [6, 6.07) is 0.874. The van der Waals surface area contributed by atoms with Crippen LogP contribution in [0.15, 0.2) is 0 Å². The fourth-order valence-corrected chi connectivity index (χ4v) is 2.38. The monoisotopic (exact) mass is 182 g/mol. The van der Waals surface area contributed by atoms with E-state index in [1.54, 1.807) is 0 Å². The van der Waals surface area contributed by atoms with Crippen LogP contribution < -0.4 is 10.6 Å². The average Bonchev–Trinajstić information content (AvgIpc) is 2.69. The second-order valence-corrected chi connectivity index (χ2v) is 4.61. The molecule has 13 heavy (non-hydrogen) atoms. The summed E-state index contributed by atoms with van der Waals surface area (Å²) in [4.78, 5) is 0. The van der Waals surface area contributed by atoms with Crippen LogP contribution in [0, 0.1) is 11.8 Å². The highest BCUT2D eigenvalue weighted by atomic mass is 15.0. The van der Waals surface area contributed by atoms with Gasteiger partial charge in [-0.15, -0.1) is 0 Å². The lowest BCUT2D eigenvalue weighted by molar-refractivity contribution is 0.491. The minimum Gasteiger partial charge on any atom is -0.316 e. The number of rotatable bonds is 5. The van der Waals surface area contributed by atoms with E-state index in [4.69, 9.17) is 0 Å². The maximum atomic E-state index is 3.66. The van der Waals surface area contributed by atoms with Gasteiger partial charge in [0.2, 0.25) is 0 Å². The first-order valence-corrected chi connectivity index (χ1v) is 5.84. The summed E-state index contributed by atoms with van der Waals surface area (Å²) in [6.07, 6.45) is 5.56. The van der Waals surface area contributed by atoms with Gasteiger partial charge in [-0.1, -0.05) is 13.3 Å². The molecule has 0 aromatic carbocycles. The Bertz CT molecular complexity index is 152. The lowest BCUT2D eigenvalue weighted by atomic mass is 10.1. The molecule has 0 amide bonds. The van der Waals surface area contributed by atoms with Crippen LogP contribution in [0.4, 0.5) is 0 Å². The Morgan fingerprint density at radius 2 is 2.38 bits per heavy atom. The maximum Gasteiger partial charge on any atom is 0.00990 e. The average molecular weight is 182 g/mol. The number of hydrogen-bond acceptors (Lipinski definition) is 2. The molecule has 2 rings (SSSR count). The van der Waals surface area contributed by atoms with Crippen molar-refractivity contribution in [3.63, 3.8) is 0 Å². The highest BCUT2D eigenvalue weighted by molar-refractivity contribution is 4.91. The van der Waals surface area contributed by atoms with E-state index in [-0.39, 0.29) is 0 Å². The molecule has 2 aliphatic rings. The lowest BCUT2D eigenvalue weighted by Gasteiger charge is -2.08. The Kier molecular flexibility index (Phi) is 3.23. The van der Waals surface area contributed by atoms with Gasteiger partial charge in [-0.05, 0) is 50.7 Å². The molecule has 3 atom stereocenters. The Morgan fingerprint density at radius 1 is 1.46 bits per heavy atom. The van der Waals surface area contributed by atoms with Crippen molar-refractivity contribution in [1.29, 1.82) is 0 Å². The fourth-order valence-electron chi connectivity index (χ4n) is 2.38. The van der Waals surface area contributed by atoms with E-state index in [0.29, 0.717) is 0 Å². The summed E-state index contributed by atoms with van der Waals surface area (Å²) >= 11 is 0. The first-order chi connectivity index (χ1) is 6.40. The van der Waals surface area contributed by atoms with Gasteiger partial charge in [-0.3, -0.25) is 0 Å². The van der Waals surface area contributed by atoms with Gasteiger partial charge in [0.1, 0.15) is 0 Å². The molecule has 1 heterocycles. The van der Waals surface area contributed by atoms with E-state index in [9.17, 15) is 0 Å². The van der Waals surface area contributed by atoms with Gasteiger partial charge < -0.3 is 10.6 Å². The van der Waals surface area contributed by atoms with E-state index < -0.39 is 0 Å². The van der Waals surface area contributed by atoms with Gasteiger partial charge in [0.15, 0.2) is 0 Å². The third-order valence-electron chi connectivity index (χ3n) is 3.57. The lowest BCUT2D eigenvalue weighted by Crippen LogP contribution is -2.22. The smallest absolute Gasteiger partial charge is 0.00990 e. The predicted molar refractivity (Wildman–Crippen MR) is 55.8 cm³/mol. The minimum atomic E-state index is 0.874. The van der Waals surface area contributed by atoms with Crippen LogP contribution in [0.25, 0.3) is 0 Å². The SMILES string of the molecule is CCC1CC1NCCC1CCNC1.